The molecule has 10 aromatic carbocycles. The fraction of sp³-hybridized carbons (Fsp3) is 0. The second kappa shape index (κ2) is 17.1. The first-order valence-corrected chi connectivity index (χ1v) is 24.4. The maximum Gasteiger partial charge on any atom is 0.160 e. The van der Waals surface area contributed by atoms with Gasteiger partial charge in [0.05, 0.1) is 44.7 Å². The van der Waals surface area contributed by atoms with E-state index in [-0.39, 0.29) is 0 Å². The number of para-hydroxylation sites is 4. The van der Waals surface area contributed by atoms with Crippen molar-refractivity contribution in [2.24, 2.45) is 0 Å². The summed E-state index contributed by atoms with van der Waals surface area (Å²) in [6, 6.07) is 92.9. The molecule has 0 atom stereocenters. The summed E-state index contributed by atoms with van der Waals surface area (Å²) in [6.07, 6.45) is 0. The Balaban J connectivity index is 0.962. The van der Waals surface area contributed by atoms with E-state index in [9.17, 15) is 0 Å². The highest BCUT2D eigenvalue weighted by Gasteiger charge is 2.19. The molecule has 0 bridgehead atoms. The fourth-order valence-electron chi connectivity index (χ4n) is 10.7. The minimum atomic E-state index is 0.687. The lowest BCUT2D eigenvalue weighted by molar-refractivity contribution is 1.18. The highest BCUT2D eigenvalue weighted by molar-refractivity contribution is 6.12. The molecule has 0 saturated carbocycles. The van der Waals surface area contributed by atoms with Gasteiger partial charge in [-0.2, -0.15) is 0 Å². The second-order valence-corrected chi connectivity index (χ2v) is 18.4. The molecule has 14 aromatic rings. The number of hydrogen-bond donors (Lipinski definition) is 0. The summed E-state index contributed by atoms with van der Waals surface area (Å²) in [4.78, 5) is 15.8. The second-order valence-electron chi connectivity index (χ2n) is 18.4. The van der Waals surface area contributed by atoms with Gasteiger partial charge in [-0.1, -0.05) is 170 Å². The summed E-state index contributed by atoms with van der Waals surface area (Å²) in [7, 11) is 0. The van der Waals surface area contributed by atoms with Gasteiger partial charge in [-0.3, -0.25) is 0 Å². The minimum Gasteiger partial charge on any atom is -0.309 e. The number of rotatable bonds is 8. The third-order valence-corrected chi connectivity index (χ3v) is 14.1. The van der Waals surface area contributed by atoms with Crippen LogP contribution in [0.3, 0.4) is 0 Å². The molecule has 0 aliphatic carbocycles. The lowest BCUT2D eigenvalue weighted by atomic mass is 9.93. The number of nitrogens with zero attached hydrogens (tertiary/aromatic N) is 5. The lowest BCUT2D eigenvalue weighted by Crippen LogP contribution is -1.96. The normalized spacial score (nSPS) is 11.6. The van der Waals surface area contributed by atoms with Gasteiger partial charge in [-0.05, 0) is 113 Å². The van der Waals surface area contributed by atoms with E-state index in [2.05, 4.69) is 246 Å². The van der Waals surface area contributed by atoms with Crippen molar-refractivity contribution >= 4 is 54.5 Å². The van der Waals surface area contributed by atoms with Crippen molar-refractivity contribution in [3.05, 3.63) is 261 Å². The Morgan fingerprint density at radius 1 is 0.236 bits per heavy atom. The van der Waals surface area contributed by atoms with Crippen LogP contribution in [0.15, 0.2) is 261 Å². The third-order valence-electron chi connectivity index (χ3n) is 14.1. The van der Waals surface area contributed by atoms with Gasteiger partial charge < -0.3 is 9.13 Å². The summed E-state index contributed by atoms with van der Waals surface area (Å²) in [5.74, 6) is 0.687. The molecule has 0 aliphatic heterocycles. The number of hydrogen-bond acceptors (Lipinski definition) is 3. The van der Waals surface area contributed by atoms with Gasteiger partial charge >= 0.3 is 0 Å². The Labute approximate surface area is 416 Å². The van der Waals surface area contributed by atoms with E-state index in [1.807, 2.05) is 24.3 Å². The van der Waals surface area contributed by atoms with Crippen molar-refractivity contribution in [1.29, 1.82) is 0 Å². The van der Waals surface area contributed by atoms with E-state index in [0.717, 1.165) is 89.4 Å². The van der Waals surface area contributed by atoms with Crippen LogP contribution in [-0.2, 0) is 0 Å². The zero-order valence-electron chi connectivity index (χ0n) is 39.1. The summed E-state index contributed by atoms with van der Waals surface area (Å²) in [6.45, 7) is 0. The molecule has 336 valence electrons. The van der Waals surface area contributed by atoms with Gasteiger partial charge in [0.1, 0.15) is 0 Å². The molecule has 0 radical (unpaired) electrons. The molecular weight excluding hydrogens is 875 g/mol. The van der Waals surface area contributed by atoms with Gasteiger partial charge in [0.25, 0.3) is 0 Å². The molecule has 0 aliphatic rings. The molecule has 0 saturated heterocycles. The standard InChI is InChI=1S/C67H43N5/c1-5-18-44(19-6-1)61-43-62(70-67(69-61)45-20-7-2-8-21-45)49-23-17-22-48(38-49)55-42-60(50-34-37-66-58(41-50)54-29-14-16-31-64(54)72(66)52-26-11-4-12-27-52)68-59-35-32-46(39-56(55)59)47-33-36-65-57(40-47)53-28-13-15-30-63(53)71(65)51-24-9-3-10-25-51/h1-43H. The minimum absolute atomic E-state index is 0.687. The average Bonchev–Trinajstić information content (AvgIpc) is 3.98. The maximum atomic E-state index is 5.49. The van der Waals surface area contributed by atoms with Crippen LogP contribution in [0.1, 0.15) is 0 Å². The van der Waals surface area contributed by atoms with Gasteiger partial charge in [-0.15, -0.1) is 0 Å². The number of fused-ring (bicyclic) bond motifs is 7. The molecule has 0 amide bonds. The van der Waals surface area contributed by atoms with Crippen LogP contribution < -0.4 is 0 Å². The zero-order valence-corrected chi connectivity index (χ0v) is 39.1. The monoisotopic (exact) mass is 917 g/mol. The van der Waals surface area contributed by atoms with E-state index in [4.69, 9.17) is 15.0 Å². The van der Waals surface area contributed by atoms with E-state index in [1.54, 1.807) is 0 Å². The molecule has 0 unspecified atom stereocenters. The summed E-state index contributed by atoms with van der Waals surface area (Å²) < 4.78 is 4.72. The SMILES string of the molecule is c1ccc(-c2cc(-c3cccc(-c4cc(-c5ccc6c(c5)c5ccccc5n6-c5ccccc5)nc5ccc(-c6ccc7c(c6)c6ccccc6n7-c6ccccc6)cc45)c3)nc(-c3ccccc3)n2)cc1. The molecule has 5 heteroatoms. The Kier molecular flexibility index (Phi) is 9.78. The topological polar surface area (TPSA) is 48.5 Å². The van der Waals surface area contributed by atoms with Crippen molar-refractivity contribution in [3.8, 4) is 78.8 Å². The lowest BCUT2D eigenvalue weighted by Gasteiger charge is -2.14. The Bertz CT molecular complexity index is 4310. The van der Waals surface area contributed by atoms with Crippen LogP contribution >= 0.6 is 0 Å². The smallest absolute Gasteiger partial charge is 0.160 e. The first-order chi connectivity index (χ1) is 35.7. The maximum absolute atomic E-state index is 5.49. The Morgan fingerprint density at radius 3 is 1.29 bits per heavy atom. The van der Waals surface area contributed by atoms with Crippen molar-refractivity contribution in [2.75, 3.05) is 0 Å². The molecule has 14 rings (SSSR count). The van der Waals surface area contributed by atoms with Crippen LogP contribution in [0.5, 0.6) is 0 Å². The first-order valence-electron chi connectivity index (χ1n) is 24.4. The molecule has 72 heavy (non-hydrogen) atoms. The predicted molar refractivity (Wildman–Crippen MR) is 299 cm³/mol. The molecule has 0 spiro atoms. The van der Waals surface area contributed by atoms with Gasteiger partial charge in [-0.25, -0.2) is 15.0 Å². The van der Waals surface area contributed by atoms with Gasteiger partial charge in [0.15, 0.2) is 5.82 Å². The summed E-state index contributed by atoms with van der Waals surface area (Å²) >= 11 is 0. The molecule has 4 heterocycles. The van der Waals surface area contributed by atoms with Gasteiger partial charge in [0.2, 0.25) is 0 Å². The number of aromatic nitrogens is 5. The van der Waals surface area contributed by atoms with Crippen molar-refractivity contribution in [1.82, 2.24) is 24.1 Å². The van der Waals surface area contributed by atoms with Crippen LogP contribution in [0, 0.1) is 0 Å². The van der Waals surface area contributed by atoms with Crippen LogP contribution in [0.4, 0.5) is 0 Å². The molecule has 4 aromatic heterocycles. The number of pyridine rings is 1. The van der Waals surface area contributed by atoms with Gasteiger partial charge in [0, 0.05) is 60.6 Å². The van der Waals surface area contributed by atoms with Crippen molar-refractivity contribution < 1.29 is 0 Å². The number of benzene rings is 10. The highest BCUT2D eigenvalue weighted by Crippen LogP contribution is 2.41. The van der Waals surface area contributed by atoms with E-state index in [1.165, 1.54) is 38.1 Å². The zero-order chi connectivity index (χ0) is 47.5. The van der Waals surface area contributed by atoms with E-state index >= 15 is 0 Å². The van der Waals surface area contributed by atoms with Crippen molar-refractivity contribution in [3.63, 3.8) is 0 Å². The van der Waals surface area contributed by atoms with Crippen molar-refractivity contribution in [2.45, 2.75) is 0 Å². The fourth-order valence-corrected chi connectivity index (χ4v) is 10.7. The van der Waals surface area contributed by atoms with E-state index in [0.29, 0.717) is 5.82 Å². The molecule has 0 fully saturated rings. The summed E-state index contributed by atoms with van der Waals surface area (Å²) in [5.41, 5.74) is 19.0. The molecule has 0 N–H and O–H groups in total. The molecular formula is C67H43N5. The van der Waals surface area contributed by atoms with Crippen LogP contribution in [0.2, 0.25) is 0 Å². The third kappa shape index (κ3) is 7.06. The Hall–Kier alpha value is -9.71. The quantitative estimate of drug-likeness (QED) is 0.153. The van der Waals surface area contributed by atoms with E-state index < -0.39 is 0 Å². The predicted octanol–water partition coefficient (Wildman–Crippen LogP) is 17.2. The summed E-state index contributed by atoms with van der Waals surface area (Å²) in [5, 5.41) is 5.90. The first kappa shape index (κ1) is 41.3. The largest absolute Gasteiger partial charge is 0.309 e. The van der Waals surface area contributed by atoms with Crippen LogP contribution in [-0.4, -0.2) is 24.1 Å². The Morgan fingerprint density at radius 2 is 0.667 bits per heavy atom. The average molecular weight is 918 g/mol. The van der Waals surface area contributed by atoms with Crippen LogP contribution in [0.25, 0.3) is 133 Å². The molecule has 5 nitrogen and oxygen atoms in total. The highest BCUT2D eigenvalue weighted by atomic mass is 15.0.